The number of ether oxygens (including phenoxy) is 1. The van der Waals surface area contributed by atoms with Gasteiger partial charge >= 0.3 is 0 Å². The topological polar surface area (TPSA) is 37.1 Å². The van der Waals surface area contributed by atoms with Gasteiger partial charge in [-0.1, -0.05) is 6.07 Å². The first-order valence-corrected chi connectivity index (χ1v) is 6.37. The Morgan fingerprint density at radius 2 is 2.06 bits per heavy atom. The minimum absolute atomic E-state index is 0.0986. The van der Waals surface area contributed by atoms with Crippen LogP contribution in [0.4, 0.5) is 0 Å². The maximum absolute atomic E-state index is 9.49. The Morgan fingerprint density at radius 3 is 2.83 bits per heavy atom. The highest BCUT2D eigenvalue weighted by atomic mass is 16.5. The van der Waals surface area contributed by atoms with Gasteiger partial charge in [-0.05, 0) is 18.2 Å². The zero-order chi connectivity index (χ0) is 12.4. The van der Waals surface area contributed by atoms with Crippen LogP contribution >= 0.6 is 0 Å². The van der Waals surface area contributed by atoms with Crippen LogP contribution < -0.4 is 0 Å². The summed E-state index contributed by atoms with van der Waals surface area (Å²) in [6.45, 7) is 4.50. The number of nitrogens with zero attached hydrogens (tertiary/aromatic N) is 2. The molecule has 18 heavy (non-hydrogen) atoms. The largest absolute Gasteiger partial charge is 0.392 e. The molecule has 0 spiro atoms. The van der Waals surface area contributed by atoms with Crippen molar-refractivity contribution in [1.82, 2.24) is 9.30 Å². The molecule has 3 heterocycles. The summed E-state index contributed by atoms with van der Waals surface area (Å²) < 4.78 is 7.53. The first-order chi connectivity index (χ1) is 8.88. The second kappa shape index (κ2) is 5.10. The molecule has 2 aromatic heterocycles. The van der Waals surface area contributed by atoms with Crippen molar-refractivity contribution in [3.05, 3.63) is 41.7 Å². The number of pyridine rings is 1. The lowest BCUT2D eigenvalue weighted by Crippen LogP contribution is -2.36. The second-order valence-corrected chi connectivity index (χ2v) is 4.66. The third kappa shape index (κ3) is 2.14. The Hall–Kier alpha value is -1.36. The average Bonchev–Trinajstić information content (AvgIpc) is 2.78. The second-order valence-electron chi connectivity index (χ2n) is 4.66. The molecule has 1 saturated heterocycles. The quantitative estimate of drug-likeness (QED) is 0.886. The lowest BCUT2D eigenvalue weighted by atomic mass is 10.2. The zero-order valence-corrected chi connectivity index (χ0v) is 10.4. The molecule has 0 unspecified atom stereocenters. The summed E-state index contributed by atoms with van der Waals surface area (Å²) in [5, 5.41) is 9.49. The molecule has 0 aromatic carbocycles. The molecule has 4 heteroatoms. The summed E-state index contributed by atoms with van der Waals surface area (Å²) in [6, 6.07) is 8.18. The van der Waals surface area contributed by atoms with Crippen LogP contribution in [0, 0.1) is 0 Å². The van der Waals surface area contributed by atoms with E-state index < -0.39 is 0 Å². The van der Waals surface area contributed by atoms with Gasteiger partial charge in [0.1, 0.15) is 0 Å². The van der Waals surface area contributed by atoms with Gasteiger partial charge in [0.25, 0.3) is 0 Å². The van der Waals surface area contributed by atoms with Gasteiger partial charge in [-0.2, -0.15) is 0 Å². The molecule has 0 aliphatic carbocycles. The summed E-state index contributed by atoms with van der Waals surface area (Å²) in [7, 11) is 0. The van der Waals surface area contributed by atoms with E-state index in [9.17, 15) is 5.11 Å². The highest BCUT2D eigenvalue weighted by molar-refractivity contribution is 5.53. The number of hydrogen-bond acceptors (Lipinski definition) is 3. The van der Waals surface area contributed by atoms with Crippen molar-refractivity contribution in [2.45, 2.75) is 13.2 Å². The van der Waals surface area contributed by atoms with E-state index in [-0.39, 0.29) is 6.61 Å². The van der Waals surface area contributed by atoms with Gasteiger partial charge in [0.2, 0.25) is 0 Å². The van der Waals surface area contributed by atoms with Gasteiger partial charge in [0.05, 0.1) is 19.8 Å². The van der Waals surface area contributed by atoms with Crippen LogP contribution in [0.2, 0.25) is 0 Å². The zero-order valence-electron chi connectivity index (χ0n) is 10.4. The first-order valence-electron chi connectivity index (χ1n) is 6.37. The Kier molecular flexibility index (Phi) is 3.32. The summed E-state index contributed by atoms with van der Waals surface area (Å²) >= 11 is 0. The smallest absolute Gasteiger partial charge is 0.0700 e. The van der Waals surface area contributed by atoms with E-state index in [1.54, 1.807) is 0 Å². The van der Waals surface area contributed by atoms with Crippen molar-refractivity contribution >= 4 is 5.52 Å². The Labute approximate surface area is 106 Å². The third-order valence-electron chi connectivity index (χ3n) is 3.52. The molecule has 1 aliphatic rings. The fourth-order valence-electron chi connectivity index (χ4n) is 2.52. The number of hydrogen-bond donors (Lipinski definition) is 1. The fourth-order valence-corrected chi connectivity index (χ4v) is 2.52. The number of aliphatic hydroxyl groups is 1. The van der Waals surface area contributed by atoms with Crippen LogP contribution in [-0.4, -0.2) is 40.7 Å². The average molecular weight is 246 g/mol. The predicted molar refractivity (Wildman–Crippen MR) is 69.4 cm³/mol. The number of rotatable bonds is 3. The molecule has 0 saturated carbocycles. The van der Waals surface area contributed by atoms with E-state index in [1.807, 2.05) is 12.1 Å². The highest BCUT2D eigenvalue weighted by Crippen LogP contribution is 2.19. The molecule has 2 aromatic rings. The van der Waals surface area contributed by atoms with Gasteiger partial charge in [0.15, 0.2) is 0 Å². The summed E-state index contributed by atoms with van der Waals surface area (Å²) in [5.74, 6) is 0. The molecular formula is C14H18N2O2. The Morgan fingerprint density at radius 1 is 1.22 bits per heavy atom. The monoisotopic (exact) mass is 246 g/mol. The lowest BCUT2D eigenvalue weighted by molar-refractivity contribution is 0.0333. The van der Waals surface area contributed by atoms with Crippen molar-refractivity contribution in [3.8, 4) is 0 Å². The maximum Gasteiger partial charge on any atom is 0.0700 e. The van der Waals surface area contributed by atoms with Crippen molar-refractivity contribution in [1.29, 1.82) is 0 Å². The standard InChI is InChI=1S/C14H18N2O2/c17-11-12-9-13-3-1-2-4-16(13)14(12)10-15-5-7-18-8-6-15/h1-4,9,17H,5-8,10-11H2. The predicted octanol–water partition coefficient (Wildman–Crippen LogP) is 1.26. The van der Waals surface area contributed by atoms with Crippen LogP contribution in [0.5, 0.6) is 0 Å². The number of morpholine rings is 1. The summed E-state index contributed by atoms with van der Waals surface area (Å²) in [4.78, 5) is 2.37. The minimum Gasteiger partial charge on any atom is -0.392 e. The van der Waals surface area contributed by atoms with Gasteiger partial charge in [-0.3, -0.25) is 4.90 Å². The number of fused-ring (bicyclic) bond motifs is 1. The molecule has 96 valence electrons. The SMILES string of the molecule is OCc1cc2ccccn2c1CN1CCOCC1. The third-order valence-corrected chi connectivity index (χ3v) is 3.52. The van der Waals surface area contributed by atoms with Gasteiger partial charge in [-0.15, -0.1) is 0 Å². The highest BCUT2D eigenvalue weighted by Gasteiger charge is 2.15. The molecule has 1 fully saturated rings. The molecule has 0 atom stereocenters. The first kappa shape index (κ1) is 11.7. The van der Waals surface area contributed by atoms with Gasteiger partial charge < -0.3 is 14.2 Å². The molecule has 0 amide bonds. The fraction of sp³-hybridized carbons (Fsp3) is 0.429. The van der Waals surface area contributed by atoms with E-state index in [2.05, 4.69) is 27.6 Å². The summed E-state index contributed by atoms with van der Waals surface area (Å²) in [6.07, 6.45) is 2.06. The van der Waals surface area contributed by atoms with Crippen LogP contribution in [0.3, 0.4) is 0 Å². The molecular weight excluding hydrogens is 228 g/mol. The van der Waals surface area contributed by atoms with E-state index >= 15 is 0 Å². The van der Waals surface area contributed by atoms with Crippen LogP contribution in [0.1, 0.15) is 11.3 Å². The van der Waals surface area contributed by atoms with Crippen molar-refractivity contribution < 1.29 is 9.84 Å². The van der Waals surface area contributed by atoms with Crippen LogP contribution in [0.25, 0.3) is 5.52 Å². The van der Waals surface area contributed by atoms with Crippen molar-refractivity contribution in [2.24, 2.45) is 0 Å². The lowest BCUT2D eigenvalue weighted by Gasteiger charge is -2.26. The molecule has 1 N–H and O–H groups in total. The van der Waals surface area contributed by atoms with E-state index in [0.717, 1.165) is 43.9 Å². The maximum atomic E-state index is 9.49. The Balaban J connectivity index is 1.93. The van der Waals surface area contributed by atoms with Gasteiger partial charge in [-0.25, -0.2) is 0 Å². The molecule has 0 bridgehead atoms. The molecule has 4 nitrogen and oxygen atoms in total. The normalized spacial score (nSPS) is 17.4. The van der Waals surface area contributed by atoms with Crippen molar-refractivity contribution in [2.75, 3.05) is 26.3 Å². The van der Waals surface area contributed by atoms with Crippen LogP contribution in [0.15, 0.2) is 30.5 Å². The molecule has 3 rings (SSSR count). The van der Waals surface area contributed by atoms with E-state index in [1.165, 1.54) is 5.69 Å². The summed E-state index contributed by atoms with van der Waals surface area (Å²) in [5.41, 5.74) is 3.35. The van der Waals surface area contributed by atoms with E-state index in [0.29, 0.717) is 0 Å². The van der Waals surface area contributed by atoms with Gasteiger partial charge in [0, 0.05) is 42.6 Å². The number of aromatic nitrogens is 1. The van der Waals surface area contributed by atoms with Crippen LogP contribution in [-0.2, 0) is 17.9 Å². The number of aliphatic hydroxyl groups excluding tert-OH is 1. The van der Waals surface area contributed by atoms with E-state index in [4.69, 9.17) is 4.74 Å². The Bertz CT molecular complexity index is 530. The minimum atomic E-state index is 0.0986. The van der Waals surface area contributed by atoms with Crippen molar-refractivity contribution in [3.63, 3.8) is 0 Å². The molecule has 0 radical (unpaired) electrons. The molecule has 1 aliphatic heterocycles.